The number of nitrogens with zero attached hydrogens (tertiary/aromatic N) is 1. The van der Waals surface area contributed by atoms with E-state index >= 15 is 0 Å². The van der Waals surface area contributed by atoms with Crippen LogP contribution in [-0.4, -0.2) is 19.1 Å². The van der Waals surface area contributed by atoms with E-state index in [2.05, 4.69) is 10.8 Å². The molecule has 0 bridgehead atoms. The van der Waals surface area contributed by atoms with Crippen LogP contribution >= 0.6 is 11.9 Å². The molecule has 1 heterocycles. The molecule has 148 valence electrons. The molecule has 0 atom stereocenters. The van der Waals surface area contributed by atoms with Crippen molar-refractivity contribution in [2.24, 2.45) is 0 Å². The van der Waals surface area contributed by atoms with Crippen molar-refractivity contribution in [3.8, 4) is 5.75 Å². The minimum absolute atomic E-state index is 0.0562. The van der Waals surface area contributed by atoms with Gasteiger partial charge in [0, 0.05) is 28.4 Å². The van der Waals surface area contributed by atoms with Crippen molar-refractivity contribution in [2.75, 3.05) is 22.8 Å². The molecule has 0 unspecified atom stereocenters. The maximum atomic E-state index is 13.2. The fraction of sp³-hybridized carbons (Fsp3) is 0.208. The lowest BCUT2D eigenvalue weighted by atomic mass is 10.0. The van der Waals surface area contributed by atoms with Gasteiger partial charge in [0.2, 0.25) is 0 Å². The van der Waals surface area contributed by atoms with Gasteiger partial charge in [-0.2, -0.15) is 0 Å². The lowest BCUT2D eigenvalue weighted by Crippen LogP contribution is -2.35. The minimum Gasteiger partial charge on any atom is -0.494 e. The van der Waals surface area contributed by atoms with Crippen LogP contribution in [0.1, 0.15) is 29.3 Å². The van der Waals surface area contributed by atoms with Crippen molar-refractivity contribution in [3.05, 3.63) is 83.9 Å². The van der Waals surface area contributed by atoms with Gasteiger partial charge in [0.05, 0.1) is 6.61 Å². The molecular weight excluding hydrogens is 380 g/mol. The second-order valence-electron chi connectivity index (χ2n) is 6.88. The third kappa shape index (κ3) is 4.57. The molecule has 5 heteroatoms. The molecule has 1 N–H and O–H groups in total. The van der Waals surface area contributed by atoms with E-state index in [1.807, 2.05) is 78.6 Å². The van der Waals surface area contributed by atoms with Crippen LogP contribution < -0.4 is 14.4 Å². The van der Waals surface area contributed by atoms with Crippen LogP contribution in [0.4, 0.5) is 11.4 Å². The summed E-state index contributed by atoms with van der Waals surface area (Å²) in [5.74, 6) is 0.915. The predicted octanol–water partition coefficient (Wildman–Crippen LogP) is 5.80. The van der Waals surface area contributed by atoms with E-state index in [0.29, 0.717) is 12.2 Å². The number of anilines is 2. The van der Waals surface area contributed by atoms with Gasteiger partial charge in [-0.15, -0.1) is 0 Å². The Hall–Kier alpha value is -2.92. The monoisotopic (exact) mass is 404 g/mol. The standard InChI is InChI=1S/C24H24N2O2S/c1-2-28-21-14-12-20(13-15-21)25-29-22-10-5-8-19(17-22)24(27)26-16-6-9-18-7-3-4-11-23(18)26/h3-5,7-8,10-15,17,25H,2,6,9,16H2,1H3. The highest BCUT2D eigenvalue weighted by molar-refractivity contribution is 8.00. The van der Waals surface area contributed by atoms with E-state index in [1.54, 1.807) is 0 Å². The molecule has 3 aromatic carbocycles. The lowest BCUT2D eigenvalue weighted by Gasteiger charge is -2.29. The van der Waals surface area contributed by atoms with Gasteiger partial charge in [-0.1, -0.05) is 24.3 Å². The number of amides is 1. The molecule has 0 fully saturated rings. The Morgan fingerprint density at radius 2 is 1.90 bits per heavy atom. The largest absolute Gasteiger partial charge is 0.494 e. The van der Waals surface area contributed by atoms with E-state index in [0.717, 1.165) is 41.4 Å². The van der Waals surface area contributed by atoms with Gasteiger partial charge in [-0.25, -0.2) is 0 Å². The zero-order chi connectivity index (χ0) is 20.1. The normalized spacial score (nSPS) is 12.9. The molecule has 0 spiro atoms. The van der Waals surface area contributed by atoms with Gasteiger partial charge >= 0.3 is 0 Å². The molecule has 1 aliphatic heterocycles. The number of carbonyl (C=O) groups is 1. The smallest absolute Gasteiger partial charge is 0.258 e. The van der Waals surface area contributed by atoms with Gasteiger partial charge in [0.1, 0.15) is 5.75 Å². The van der Waals surface area contributed by atoms with Crippen molar-refractivity contribution in [3.63, 3.8) is 0 Å². The highest BCUT2D eigenvalue weighted by Crippen LogP contribution is 2.29. The molecule has 0 saturated heterocycles. The molecule has 0 saturated carbocycles. The number of carbonyl (C=O) groups excluding carboxylic acids is 1. The molecule has 4 nitrogen and oxygen atoms in total. The first-order valence-corrected chi connectivity index (χ1v) is 10.7. The highest BCUT2D eigenvalue weighted by atomic mass is 32.2. The van der Waals surface area contributed by atoms with E-state index in [1.165, 1.54) is 17.5 Å². The molecular formula is C24H24N2O2S. The lowest BCUT2D eigenvalue weighted by molar-refractivity contribution is 0.0985. The van der Waals surface area contributed by atoms with Crippen molar-refractivity contribution in [1.29, 1.82) is 0 Å². The first-order valence-electron chi connectivity index (χ1n) is 9.90. The number of rotatable bonds is 6. The quantitative estimate of drug-likeness (QED) is 0.528. The van der Waals surface area contributed by atoms with Crippen LogP contribution in [0.5, 0.6) is 5.75 Å². The molecule has 1 aliphatic rings. The van der Waals surface area contributed by atoms with Crippen molar-refractivity contribution >= 4 is 29.2 Å². The Labute approximate surface area is 176 Å². The van der Waals surface area contributed by atoms with Crippen LogP contribution in [0, 0.1) is 0 Å². The van der Waals surface area contributed by atoms with Crippen LogP contribution in [-0.2, 0) is 6.42 Å². The van der Waals surface area contributed by atoms with E-state index in [9.17, 15) is 4.79 Å². The first-order chi connectivity index (χ1) is 14.2. The number of fused-ring (bicyclic) bond motifs is 1. The number of hydrogen-bond acceptors (Lipinski definition) is 4. The maximum Gasteiger partial charge on any atom is 0.258 e. The first kappa shape index (κ1) is 19.4. The summed E-state index contributed by atoms with van der Waals surface area (Å²) < 4.78 is 8.80. The Kier molecular flexibility index (Phi) is 6.06. The molecule has 3 aromatic rings. The van der Waals surface area contributed by atoms with Gasteiger partial charge < -0.3 is 14.4 Å². The number of aryl methyl sites for hydroxylation is 1. The summed E-state index contributed by atoms with van der Waals surface area (Å²) in [6.07, 6.45) is 2.03. The summed E-state index contributed by atoms with van der Waals surface area (Å²) in [5.41, 5.74) is 3.98. The van der Waals surface area contributed by atoms with Gasteiger partial charge in [0.25, 0.3) is 5.91 Å². The number of hydrogen-bond donors (Lipinski definition) is 1. The van der Waals surface area contributed by atoms with Crippen molar-refractivity contribution < 1.29 is 9.53 Å². The van der Waals surface area contributed by atoms with Gasteiger partial charge in [0.15, 0.2) is 0 Å². The summed E-state index contributed by atoms with van der Waals surface area (Å²) in [6.45, 7) is 3.39. The van der Waals surface area contributed by atoms with Gasteiger partial charge in [-0.05, 0) is 85.8 Å². The zero-order valence-corrected chi connectivity index (χ0v) is 17.2. The summed E-state index contributed by atoms with van der Waals surface area (Å²) in [4.78, 5) is 16.1. The summed E-state index contributed by atoms with van der Waals surface area (Å²) >= 11 is 1.50. The number of para-hydroxylation sites is 1. The summed E-state index contributed by atoms with van der Waals surface area (Å²) in [5, 5.41) is 0. The van der Waals surface area contributed by atoms with Crippen LogP contribution in [0.3, 0.4) is 0 Å². The predicted molar refractivity (Wildman–Crippen MR) is 120 cm³/mol. The Morgan fingerprint density at radius 1 is 1.07 bits per heavy atom. The van der Waals surface area contributed by atoms with Crippen LogP contribution in [0.2, 0.25) is 0 Å². The van der Waals surface area contributed by atoms with Crippen molar-refractivity contribution in [1.82, 2.24) is 0 Å². The SMILES string of the molecule is CCOc1ccc(NSc2cccc(C(=O)N3CCCc4ccccc43)c2)cc1. The molecule has 0 aromatic heterocycles. The fourth-order valence-electron chi connectivity index (χ4n) is 3.50. The minimum atomic E-state index is 0.0562. The summed E-state index contributed by atoms with van der Waals surface area (Å²) in [7, 11) is 0. The van der Waals surface area contributed by atoms with Crippen molar-refractivity contribution in [2.45, 2.75) is 24.7 Å². The average Bonchev–Trinajstić information content (AvgIpc) is 2.78. The van der Waals surface area contributed by atoms with E-state index in [-0.39, 0.29) is 5.91 Å². The zero-order valence-electron chi connectivity index (χ0n) is 16.4. The fourth-order valence-corrected chi connectivity index (χ4v) is 4.20. The third-order valence-electron chi connectivity index (χ3n) is 4.89. The Morgan fingerprint density at radius 3 is 2.72 bits per heavy atom. The van der Waals surface area contributed by atoms with E-state index < -0.39 is 0 Å². The highest BCUT2D eigenvalue weighted by Gasteiger charge is 2.23. The number of ether oxygens (including phenoxy) is 1. The molecule has 29 heavy (non-hydrogen) atoms. The maximum absolute atomic E-state index is 13.2. The second-order valence-corrected chi connectivity index (χ2v) is 7.76. The topological polar surface area (TPSA) is 41.6 Å². The molecule has 4 rings (SSSR count). The van der Waals surface area contributed by atoms with Crippen LogP contribution in [0.25, 0.3) is 0 Å². The third-order valence-corrected chi connectivity index (χ3v) is 5.72. The van der Waals surface area contributed by atoms with Gasteiger partial charge in [-0.3, -0.25) is 4.79 Å². The van der Waals surface area contributed by atoms with E-state index in [4.69, 9.17) is 4.74 Å². The molecule has 1 amide bonds. The average molecular weight is 405 g/mol. The Bertz CT molecular complexity index is 988. The second kappa shape index (κ2) is 9.05. The number of nitrogens with one attached hydrogen (secondary N) is 1. The molecule has 0 aliphatic carbocycles. The summed E-state index contributed by atoms with van der Waals surface area (Å²) in [6, 6.07) is 23.8. The molecule has 0 radical (unpaired) electrons. The number of benzene rings is 3. The van der Waals surface area contributed by atoms with Crippen LogP contribution in [0.15, 0.2) is 77.7 Å². The Balaban J connectivity index is 1.45.